The number of anilines is 1. The molecule has 0 aliphatic carbocycles. The van der Waals surface area contributed by atoms with Gasteiger partial charge in [0.05, 0.1) is 11.6 Å². The summed E-state index contributed by atoms with van der Waals surface area (Å²) in [6.45, 7) is 2.19. The predicted octanol–water partition coefficient (Wildman–Crippen LogP) is 2.76. The van der Waals surface area contributed by atoms with Gasteiger partial charge in [0.15, 0.2) is 0 Å². The van der Waals surface area contributed by atoms with Crippen molar-refractivity contribution in [2.45, 2.75) is 6.92 Å². The van der Waals surface area contributed by atoms with E-state index in [1.807, 2.05) is 6.07 Å². The monoisotopic (exact) mass is 351 g/mol. The molecule has 3 rings (SSSR count). The first-order chi connectivity index (χ1) is 12.6. The molecule has 0 atom stereocenters. The van der Waals surface area contributed by atoms with Gasteiger partial charge in [-0.15, -0.1) is 0 Å². The molecule has 0 N–H and O–H groups in total. The minimum absolute atomic E-state index is 0.00991. The Balaban J connectivity index is 1.55. The van der Waals surface area contributed by atoms with Crippen molar-refractivity contribution in [3.8, 4) is 17.6 Å². The lowest BCUT2D eigenvalue weighted by atomic mass is 10.2. The minimum Gasteiger partial charge on any atom is -0.458 e. The molecule has 26 heavy (non-hydrogen) atoms. The molecule has 2 aromatic carbocycles. The third-order valence-electron chi connectivity index (χ3n) is 3.96. The van der Waals surface area contributed by atoms with Crippen molar-refractivity contribution in [3.05, 3.63) is 54.1 Å². The maximum absolute atomic E-state index is 12.2. The molecule has 1 saturated heterocycles. The quantitative estimate of drug-likeness (QED) is 0.590. The SMILES string of the molecule is CCN1C(=O)CN(c2ccc(OCOc3ccc(C#N)cc3)cc2)C1=O. The van der Waals surface area contributed by atoms with Gasteiger partial charge in [0, 0.05) is 12.2 Å². The molecule has 0 unspecified atom stereocenters. The Bertz CT molecular complexity index is 841. The summed E-state index contributed by atoms with van der Waals surface area (Å²) < 4.78 is 11.0. The Hall–Kier alpha value is -3.53. The zero-order valence-electron chi connectivity index (χ0n) is 14.2. The van der Waals surface area contributed by atoms with E-state index < -0.39 is 0 Å². The molecule has 0 radical (unpaired) electrons. The number of ether oxygens (including phenoxy) is 2. The van der Waals surface area contributed by atoms with E-state index in [0.717, 1.165) is 0 Å². The lowest BCUT2D eigenvalue weighted by Gasteiger charge is -2.16. The summed E-state index contributed by atoms with van der Waals surface area (Å²) >= 11 is 0. The van der Waals surface area contributed by atoms with Crippen molar-refractivity contribution >= 4 is 17.6 Å². The van der Waals surface area contributed by atoms with E-state index >= 15 is 0 Å². The summed E-state index contributed by atoms with van der Waals surface area (Å²) in [4.78, 5) is 26.6. The average Bonchev–Trinajstić information content (AvgIpc) is 2.96. The molecule has 1 fully saturated rings. The van der Waals surface area contributed by atoms with Gasteiger partial charge in [-0.1, -0.05) is 0 Å². The van der Waals surface area contributed by atoms with Gasteiger partial charge in [-0.3, -0.25) is 14.6 Å². The second-order valence-corrected chi connectivity index (χ2v) is 5.54. The number of carbonyl (C=O) groups is 2. The molecule has 0 bridgehead atoms. The van der Waals surface area contributed by atoms with Crippen LogP contribution in [0, 0.1) is 11.3 Å². The fourth-order valence-corrected chi connectivity index (χ4v) is 2.57. The van der Waals surface area contributed by atoms with Crippen LogP contribution >= 0.6 is 0 Å². The number of imide groups is 1. The number of hydrogen-bond acceptors (Lipinski definition) is 5. The third-order valence-corrected chi connectivity index (χ3v) is 3.96. The van der Waals surface area contributed by atoms with Crippen LogP contribution in [0.15, 0.2) is 48.5 Å². The van der Waals surface area contributed by atoms with Gasteiger partial charge < -0.3 is 9.47 Å². The number of urea groups is 1. The molecule has 132 valence electrons. The minimum atomic E-state index is -0.310. The first-order valence-electron chi connectivity index (χ1n) is 8.10. The van der Waals surface area contributed by atoms with E-state index in [1.54, 1.807) is 55.5 Å². The number of nitrogens with zero attached hydrogens (tertiary/aromatic N) is 3. The second kappa shape index (κ2) is 7.57. The van der Waals surface area contributed by atoms with E-state index in [-0.39, 0.29) is 25.3 Å². The fraction of sp³-hybridized carbons (Fsp3) is 0.211. The highest BCUT2D eigenvalue weighted by atomic mass is 16.7. The molecule has 7 nitrogen and oxygen atoms in total. The highest BCUT2D eigenvalue weighted by Crippen LogP contribution is 2.24. The summed E-state index contributed by atoms with van der Waals surface area (Å²) in [6.07, 6.45) is 0. The molecule has 2 aromatic rings. The summed E-state index contributed by atoms with van der Waals surface area (Å²) in [5, 5.41) is 8.75. The summed E-state index contributed by atoms with van der Waals surface area (Å²) in [5.74, 6) is 0.975. The molecular weight excluding hydrogens is 334 g/mol. The average molecular weight is 351 g/mol. The van der Waals surface area contributed by atoms with Crippen molar-refractivity contribution in [3.63, 3.8) is 0 Å². The topological polar surface area (TPSA) is 82.9 Å². The van der Waals surface area contributed by atoms with Crippen molar-refractivity contribution < 1.29 is 19.1 Å². The van der Waals surface area contributed by atoms with Crippen molar-refractivity contribution in [2.24, 2.45) is 0 Å². The molecule has 1 aliphatic heterocycles. The maximum atomic E-state index is 12.2. The molecule has 0 spiro atoms. The Labute approximate surface area is 150 Å². The van der Waals surface area contributed by atoms with Gasteiger partial charge in [0.2, 0.25) is 6.79 Å². The van der Waals surface area contributed by atoms with Gasteiger partial charge >= 0.3 is 6.03 Å². The number of likely N-dealkylation sites (N-methyl/N-ethyl adjacent to an activating group) is 1. The first-order valence-corrected chi connectivity index (χ1v) is 8.10. The lowest BCUT2D eigenvalue weighted by molar-refractivity contribution is -0.124. The molecule has 0 saturated carbocycles. The van der Waals surface area contributed by atoms with Crippen LogP contribution in [-0.2, 0) is 4.79 Å². The normalized spacial score (nSPS) is 13.7. The Morgan fingerprint density at radius 2 is 1.58 bits per heavy atom. The van der Waals surface area contributed by atoms with E-state index in [4.69, 9.17) is 14.7 Å². The van der Waals surface area contributed by atoms with Crippen LogP contribution in [-0.4, -0.2) is 36.7 Å². The molecule has 1 heterocycles. The zero-order chi connectivity index (χ0) is 18.5. The number of hydrogen-bond donors (Lipinski definition) is 0. The number of amides is 3. The van der Waals surface area contributed by atoms with Gasteiger partial charge in [-0.25, -0.2) is 4.79 Å². The number of benzene rings is 2. The predicted molar refractivity (Wildman–Crippen MR) is 93.9 cm³/mol. The molecule has 0 aromatic heterocycles. The van der Waals surface area contributed by atoms with Gasteiger partial charge in [0.1, 0.15) is 18.0 Å². The van der Waals surface area contributed by atoms with Crippen LogP contribution in [0.5, 0.6) is 11.5 Å². The number of rotatable bonds is 6. The smallest absolute Gasteiger partial charge is 0.331 e. The van der Waals surface area contributed by atoms with Crippen LogP contribution in [0.4, 0.5) is 10.5 Å². The molecule has 7 heteroatoms. The van der Waals surface area contributed by atoms with Crippen molar-refractivity contribution in [1.82, 2.24) is 4.90 Å². The number of carbonyl (C=O) groups excluding carboxylic acids is 2. The highest BCUT2D eigenvalue weighted by molar-refractivity contribution is 6.12. The van der Waals surface area contributed by atoms with Crippen LogP contribution in [0.1, 0.15) is 12.5 Å². The Morgan fingerprint density at radius 3 is 2.08 bits per heavy atom. The molecule has 3 amide bonds. The van der Waals surface area contributed by atoms with E-state index in [9.17, 15) is 9.59 Å². The van der Waals surface area contributed by atoms with E-state index in [1.165, 1.54) is 9.80 Å². The highest BCUT2D eigenvalue weighted by Gasteiger charge is 2.35. The van der Waals surface area contributed by atoms with Gasteiger partial charge in [0.25, 0.3) is 5.91 Å². The first kappa shape index (κ1) is 17.3. The standard InChI is InChI=1S/C19H17N3O4/c1-2-21-18(23)12-22(19(21)24)15-5-9-17(10-6-15)26-13-25-16-7-3-14(11-20)4-8-16/h3-10H,2,12-13H2,1H3. The summed E-state index contributed by atoms with van der Waals surface area (Å²) in [5.41, 5.74) is 1.20. The van der Waals surface area contributed by atoms with E-state index in [2.05, 4.69) is 0 Å². The maximum Gasteiger partial charge on any atom is 0.331 e. The Morgan fingerprint density at radius 1 is 1.00 bits per heavy atom. The third kappa shape index (κ3) is 3.59. The number of nitriles is 1. The van der Waals surface area contributed by atoms with Crippen LogP contribution in [0.2, 0.25) is 0 Å². The second-order valence-electron chi connectivity index (χ2n) is 5.54. The molecule has 1 aliphatic rings. The van der Waals surface area contributed by atoms with Crippen molar-refractivity contribution in [2.75, 3.05) is 24.8 Å². The van der Waals surface area contributed by atoms with Crippen LogP contribution < -0.4 is 14.4 Å². The summed E-state index contributed by atoms with van der Waals surface area (Å²) in [7, 11) is 0. The van der Waals surface area contributed by atoms with Crippen LogP contribution in [0.3, 0.4) is 0 Å². The van der Waals surface area contributed by atoms with Crippen molar-refractivity contribution in [1.29, 1.82) is 5.26 Å². The lowest BCUT2D eigenvalue weighted by Crippen LogP contribution is -2.32. The van der Waals surface area contributed by atoms with Crippen LogP contribution in [0.25, 0.3) is 0 Å². The largest absolute Gasteiger partial charge is 0.458 e. The van der Waals surface area contributed by atoms with E-state index in [0.29, 0.717) is 29.3 Å². The van der Waals surface area contributed by atoms with Gasteiger partial charge in [-0.2, -0.15) is 5.26 Å². The summed E-state index contributed by atoms with van der Waals surface area (Å²) in [6, 6.07) is 15.3. The Kier molecular flexibility index (Phi) is 5.04. The zero-order valence-corrected chi connectivity index (χ0v) is 14.2. The van der Waals surface area contributed by atoms with Gasteiger partial charge in [-0.05, 0) is 55.5 Å². The fourth-order valence-electron chi connectivity index (χ4n) is 2.57. The molecular formula is C19H17N3O4.